The Morgan fingerprint density at radius 2 is 0.762 bits per heavy atom. The van der Waals surface area contributed by atoms with Gasteiger partial charge in [-0.3, -0.25) is 0 Å². The fourth-order valence-corrected chi connectivity index (χ4v) is 5.03. The summed E-state index contributed by atoms with van der Waals surface area (Å²) in [6, 6.07) is 0. The van der Waals surface area contributed by atoms with Gasteiger partial charge < -0.3 is 79.1 Å². The van der Waals surface area contributed by atoms with E-state index in [1.807, 2.05) is 0 Å². The van der Waals surface area contributed by atoms with Gasteiger partial charge in [-0.25, -0.2) is 0 Å². The first-order valence-corrected chi connectivity index (χ1v) is 14.0. The van der Waals surface area contributed by atoms with Crippen molar-refractivity contribution in [2.75, 3.05) is 19.8 Å². The molecule has 0 spiro atoms. The summed E-state index contributed by atoms with van der Waals surface area (Å²) in [6.45, 7) is 8.18. The minimum atomic E-state index is -1.87. The van der Waals surface area contributed by atoms with Crippen LogP contribution in [0.1, 0.15) is 41.5 Å². The zero-order valence-electron chi connectivity index (χ0n) is 24.7. The molecule has 0 aromatic heterocycles. The molecular weight excluding hydrogens is 568 g/mol. The average Bonchev–Trinajstić information content (AvgIpc) is 2.90. The van der Waals surface area contributed by atoms with Crippen molar-refractivity contribution in [3.8, 4) is 0 Å². The lowest BCUT2D eigenvalue weighted by Gasteiger charge is -2.49. The fraction of sp³-hybridized carbons (Fsp3) is 1.00. The Labute approximate surface area is 244 Å². The van der Waals surface area contributed by atoms with Crippen LogP contribution in [0, 0.1) is 0 Å². The van der Waals surface area contributed by atoms with Crippen molar-refractivity contribution in [3.05, 3.63) is 0 Å². The molecule has 15 atom stereocenters. The van der Waals surface area contributed by atoms with Gasteiger partial charge in [-0.2, -0.15) is 0 Å². The first-order valence-electron chi connectivity index (χ1n) is 14.0. The zero-order chi connectivity index (χ0) is 31.7. The van der Waals surface area contributed by atoms with Gasteiger partial charge in [0, 0.05) is 0 Å². The molecule has 15 unspecified atom stereocenters. The summed E-state index contributed by atoms with van der Waals surface area (Å²) in [6.07, 6.45) is -22.8. The topological polar surface area (TPSA) is 247 Å². The molecule has 3 heterocycles. The van der Waals surface area contributed by atoms with E-state index < -0.39 is 123 Å². The van der Waals surface area contributed by atoms with Crippen LogP contribution in [0.15, 0.2) is 0 Å². The Morgan fingerprint density at radius 3 is 1.12 bits per heavy atom. The van der Waals surface area contributed by atoms with E-state index in [0.29, 0.717) is 0 Å². The van der Waals surface area contributed by atoms with E-state index in [4.69, 9.17) is 33.2 Å². The molecule has 0 radical (unpaired) electrons. The maximum Gasteiger partial charge on any atom is 0.187 e. The predicted octanol–water partition coefficient (Wildman–Crippen LogP) is -3.93. The highest BCUT2D eigenvalue weighted by atomic mass is 16.8. The SMILES string of the molecule is CC(C)(C)OC1OC(CO)C(OC2OC(CO)C(OC3OC(CO)C(OC(C)(C)C)C(O)C3O)C(O)C2O)C(O)C1O. The van der Waals surface area contributed by atoms with E-state index >= 15 is 0 Å². The maximum absolute atomic E-state index is 10.9. The van der Waals surface area contributed by atoms with Gasteiger partial charge in [0.2, 0.25) is 0 Å². The van der Waals surface area contributed by atoms with Gasteiger partial charge in [0.05, 0.1) is 31.0 Å². The Bertz CT molecular complexity index is 828. The Kier molecular flexibility index (Phi) is 12.1. The lowest BCUT2D eigenvalue weighted by molar-refractivity contribution is -0.384. The highest BCUT2D eigenvalue weighted by Crippen LogP contribution is 2.34. The molecule has 0 aromatic rings. The molecule has 42 heavy (non-hydrogen) atoms. The summed E-state index contributed by atoms with van der Waals surface area (Å²) in [5, 5.41) is 94.2. The molecule has 0 aromatic carbocycles. The van der Waals surface area contributed by atoms with Crippen LogP contribution < -0.4 is 0 Å². The zero-order valence-corrected chi connectivity index (χ0v) is 24.7. The molecule has 3 saturated heterocycles. The highest BCUT2D eigenvalue weighted by Gasteiger charge is 2.54. The van der Waals surface area contributed by atoms with Crippen molar-refractivity contribution >= 4 is 0 Å². The van der Waals surface area contributed by atoms with Crippen molar-refractivity contribution in [1.29, 1.82) is 0 Å². The standard InChI is InChI=1S/C26H48O16/c1-25(2,3)41-21-12(9-29)37-23(17(34)15(21)32)39-19-10(7-27)36-22(16(33)13(19)30)40-20-11(8-28)38-24(18(35)14(20)31)42-26(4,5)6/h10-24,27-35H,7-9H2,1-6H3. The van der Waals surface area contributed by atoms with E-state index in [0.717, 1.165) is 0 Å². The Hall–Kier alpha value is -0.640. The second-order valence-corrected chi connectivity index (χ2v) is 12.7. The van der Waals surface area contributed by atoms with Crippen LogP contribution in [-0.4, -0.2) is 169 Å². The summed E-state index contributed by atoms with van der Waals surface area (Å²) >= 11 is 0. The molecule has 3 fully saturated rings. The van der Waals surface area contributed by atoms with E-state index in [1.165, 1.54) is 0 Å². The molecule has 248 valence electrons. The van der Waals surface area contributed by atoms with E-state index in [2.05, 4.69) is 0 Å². The molecular formula is C26H48O16. The van der Waals surface area contributed by atoms with Gasteiger partial charge in [-0.15, -0.1) is 0 Å². The first-order chi connectivity index (χ1) is 19.4. The van der Waals surface area contributed by atoms with Gasteiger partial charge in [-0.1, -0.05) is 0 Å². The molecule has 9 N–H and O–H groups in total. The Morgan fingerprint density at radius 1 is 0.452 bits per heavy atom. The summed E-state index contributed by atoms with van der Waals surface area (Å²) in [5.74, 6) is 0. The number of hydrogen-bond donors (Lipinski definition) is 9. The van der Waals surface area contributed by atoms with Gasteiger partial charge in [0.25, 0.3) is 0 Å². The molecule has 3 aliphatic rings. The number of hydrogen-bond acceptors (Lipinski definition) is 16. The van der Waals surface area contributed by atoms with Crippen LogP contribution >= 0.6 is 0 Å². The number of aliphatic hydroxyl groups excluding tert-OH is 9. The van der Waals surface area contributed by atoms with E-state index in [-0.39, 0.29) is 0 Å². The second-order valence-electron chi connectivity index (χ2n) is 12.7. The van der Waals surface area contributed by atoms with Gasteiger partial charge >= 0.3 is 0 Å². The molecule has 16 nitrogen and oxygen atoms in total. The van der Waals surface area contributed by atoms with Crippen LogP contribution in [0.4, 0.5) is 0 Å². The van der Waals surface area contributed by atoms with E-state index in [1.54, 1.807) is 41.5 Å². The van der Waals surface area contributed by atoms with Crippen molar-refractivity contribution in [3.63, 3.8) is 0 Å². The Balaban J connectivity index is 1.72. The lowest BCUT2D eigenvalue weighted by atomic mass is 9.95. The first kappa shape index (κ1) is 35.8. The summed E-state index contributed by atoms with van der Waals surface area (Å²) in [7, 11) is 0. The normalized spacial score (nSPS) is 45.6. The quantitative estimate of drug-likeness (QED) is 0.120. The third kappa shape index (κ3) is 8.33. The second kappa shape index (κ2) is 14.2. The smallest absolute Gasteiger partial charge is 0.187 e. The molecule has 0 aliphatic carbocycles. The lowest BCUT2D eigenvalue weighted by Crippen LogP contribution is -2.67. The predicted molar refractivity (Wildman–Crippen MR) is 138 cm³/mol. The molecule has 3 rings (SSSR count). The van der Waals surface area contributed by atoms with Crippen LogP contribution in [0.2, 0.25) is 0 Å². The largest absolute Gasteiger partial charge is 0.394 e. The monoisotopic (exact) mass is 616 g/mol. The third-order valence-electron chi connectivity index (χ3n) is 7.00. The highest BCUT2D eigenvalue weighted by molar-refractivity contribution is 4.97. The number of aliphatic hydroxyl groups is 9. The molecule has 3 aliphatic heterocycles. The summed E-state index contributed by atoms with van der Waals surface area (Å²) in [5.41, 5.74) is -1.52. The van der Waals surface area contributed by atoms with Crippen molar-refractivity contribution in [1.82, 2.24) is 0 Å². The van der Waals surface area contributed by atoms with Crippen LogP contribution in [0.3, 0.4) is 0 Å². The van der Waals surface area contributed by atoms with Gasteiger partial charge in [0.15, 0.2) is 18.9 Å². The average molecular weight is 617 g/mol. The van der Waals surface area contributed by atoms with E-state index in [9.17, 15) is 46.0 Å². The van der Waals surface area contributed by atoms with Crippen LogP contribution in [0.25, 0.3) is 0 Å². The molecule has 0 amide bonds. The number of ether oxygens (including phenoxy) is 7. The minimum absolute atomic E-state index is 0.610. The van der Waals surface area contributed by atoms with Crippen molar-refractivity contribution in [2.45, 2.75) is 145 Å². The molecule has 0 saturated carbocycles. The molecule has 16 heteroatoms. The third-order valence-corrected chi connectivity index (χ3v) is 7.00. The van der Waals surface area contributed by atoms with Crippen LogP contribution in [-0.2, 0) is 33.2 Å². The maximum atomic E-state index is 10.9. The fourth-order valence-electron chi connectivity index (χ4n) is 5.03. The van der Waals surface area contributed by atoms with Gasteiger partial charge in [0.1, 0.15) is 73.2 Å². The van der Waals surface area contributed by atoms with Crippen LogP contribution in [0.5, 0.6) is 0 Å². The number of rotatable bonds is 9. The summed E-state index contributed by atoms with van der Waals surface area (Å²) in [4.78, 5) is 0. The summed E-state index contributed by atoms with van der Waals surface area (Å²) < 4.78 is 39.5. The molecule has 0 bridgehead atoms. The minimum Gasteiger partial charge on any atom is -0.394 e. The van der Waals surface area contributed by atoms with Crippen molar-refractivity contribution in [2.24, 2.45) is 0 Å². The van der Waals surface area contributed by atoms with Gasteiger partial charge in [-0.05, 0) is 41.5 Å². The van der Waals surface area contributed by atoms with Crippen molar-refractivity contribution < 1.29 is 79.1 Å².